The van der Waals surface area contributed by atoms with Crippen molar-refractivity contribution in [1.29, 1.82) is 0 Å². The van der Waals surface area contributed by atoms with E-state index in [0.29, 0.717) is 16.4 Å². The quantitative estimate of drug-likeness (QED) is 0.884. The second-order valence-corrected chi connectivity index (χ2v) is 7.10. The van der Waals surface area contributed by atoms with Gasteiger partial charge in [0.2, 0.25) is 0 Å². The van der Waals surface area contributed by atoms with Gasteiger partial charge in [-0.05, 0) is 43.2 Å². The molecule has 0 unspecified atom stereocenters. The fraction of sp³-hybridized carbons (Fsp3) is 0.412. The number of hydrogen-bond donors (Lipinski definition) is 1. The highest BCUT2D eigenvalue weighted by molar-refractivity contribution is 7.09. The molecule has 1 fully saturated rings. The van der Waals surface area contributed by atoms with Crippen LogP contribution in [0.2, 0.25) is 5.02 Å². The molecular formula is C17H20ClN3OS. The van der Waals surface area contributed by atoms with E-state index in [-0.39, 0.29) is 5.91 Å². The van der Waals surface area contributed by atoms with E-state index in [0.717, 1.165) is 38.9 Å². The minimum Gasteiger partial charge on any atom is -0.368 e. The van der Waals surface area contributed by atoms with Crippen LogP contribution in [0.4, 0.5) is 5.82 Å². The number of amides is 1. The smallest absolute Gasteiger partial charge is 0.255 e. The summed E-state index contributed by atoms with van der Waals surface area (Å²) in [5, 5.41) is 5.81. The maximum Gasteiger partial charge on any atom is 0.255 e. The molecule has 3 rings (SSSR count). The van der Waals surface area contributed by atoms with Gasteiger partial charge >= 0.3 is 0 Å². The van der Waals surface area contributed by atoms with Crippen molar-refractivity contribution in [3.63, 3.8) is 0 Å². The molecule has 1 saturated heterocycles. The largest absolute Gasteiger partial charge is 0.368 e. The fourth-order valence-electron chi connectivity index (χ4n) is 2.72. The Bertz CT molecular complexity index is 654. The first kappa shape index (κ1) is 16.3. The highest BCUT2D eigenvalue weighted by Gasteiger charge is 2.19. The summed E-state index contributed by atoms with van der Waals surface area (Å²) in [5.41, 5.74) is 0.570. The summed E-state index contributed by atoms with van der Waals surface area (Å²) in [4.78, 5) is 20.0. The van der Waals surface area contributed by atoms with Crippen molar-refractivity contribution >= 4 is 34.7 Å². The third-order valence-electron chi connectivity index (χ3n) is 3.98. The van der Waals surface area contributed by atoms with Crippen LogP contribution in [0.15, 0.2) is 29.8 Å². The Morgan fingerprint density at radius 3 is 2.87 bits per heavy atom. The van der Waals surface area contributed by atoms with Crippen molar-refractivity contribution in [2.75, 3.05) is 25.0 Å². The first-order chi connectivity index (χ1) is 11.2. The monoisotopic (exact) mass is 349 g/mol. The number of rotatable bonds is 5. The molecule has 0 spiro atoms. The predicted molar refractivity (Wildman–Crippen MR) is 95.5 cm³/mol. The number of aromatic nitrogens is 1. The van der Waals surface area contributed by atoms with E-state index in [4.69, 9.17) is 11.6 Å². The summed E-state index contributed by atoms with van der Waals surface area (Å²) < 4.78 is 0. The lowest BCUT2D eigenvalue weighted by atomic mass is 10.1. The van der Waals surface area contributed by atoms with Crippen LogP contribution in [0, 0.1) is 0 Å². The van der Waals surface area contributed by atoms with Crippen molar-refractivity contribution in [3.05, 3.63) is 45.2 Å². The zero-order chi connectivity index (χ0) is 16.1. The second-order valence-electron chi connectivity index (χ2n) is 5.66. The Hall–Kier alpha value is -1.59. The van der Waals surface area contributed by atoms with Crippen molar-refractivity contribution < 1.29 is 4.79 Å². The second kappa shape index (κ2) is 7.79. The van der Waals surface area contributed by atoms with Crippen LogP contribution in [-0.4, -0.2) is 35.4 Å². The third-order valence-corrected chi connectivity index (χ3v) is 5.20. The first-order valence-electron chi connectivity index (χ1n) is 7.95. The highest BCUT2D eigenvalue weighted by atomic mass is 35.5. The Labute approximate surface area is 145 Å². The number of thiophene rings is 1. The summed E-state index contributed by atoms with van der Waals surface area (Å²) in [6, 6.07) is 5.88. The number of nitrogens with one attached hydrogen (secondary N) is 1. The highest BCUT2D eigenvalue weighted by Crippen LogP contribution is 2.22. The van der Waals surface area contributed by atoms with E-state index >= 15 is 0 Å². The molecule has 2 aromatic rings. The van der Waals surface area contributed by atoms with Gasteiger partial charge in [0.15, 0.2) is 0 Å². The normalized spacial score (nSPS) is 14.7. The molecule has 0 aromatic carbocycles. The van der Waals surface area contributed by atoms with Crippen LogP contribution in [-0.2, 0) is 6.42 Å². The van der Waals surface area contributed by atoms with Crippen LogP contribution in [0.5, 0.6) is 0 Å². The number of anilines is 1. The van der Waals surface area contributed by atoms with Crippen molar-refractivity contribution in [2.45, 2.75) is 25.7 Å². The van der Waals surface area contributed by atoms with Gasteiger partial charge in [-0.2, -0.15) is 0 Å². The first-order valence-corrected chi connectivity index (χ1v) is 9.21. The third kappa shape index (κ3) is 4.24. The van der Waals surface area contributed by atoms with Gasteiger partial charge in [-0.3, -0.25) is 4.79 Å². The minimum absolute atomic E-state index is 0.0317. The van der Waals surface area contributed by atoms with Gasteiger partial charge in [-0.15, -0.1) is 11.3 Å². The Balaban J connectivity index is 1.59. The molecule has 122 valence electrons. The molecule has 6 heteroatoms. The van der Waals surface area contributed by atoms with Crippen molar-refractivity contribution in [1.82, 2.24) is 9.88 Å². The fourth-order valence-corrected chi connectivity index (χ4v) is 3.67. The molecule has 0 radical (unpaired) electrons. The molecule has 2 aromatic heterocycles. The lowest BCUT2D eigenvalue weighted by Crippen LogP contribution is -2.35. The van der Waals surface area contributed by atoms with Crippen LogP contribution >= 0.6 is 22.9 Å². The molecule has 1 aliphatic rings. The van der Waals surface area contributed by atoms with Gasteiger partial charge in [0, 0.05) is 30.7 Å². The zero-order valence-corrected chi connectivity index (χ0v) is 14.5. The molecule has 0 saturated carbocycles. The zero-order valence-electron chi connectivity index (χ0n) is 12.9. The summed E-state index contributed by atoms with van der Waals surface area (Å²) in [6.45, 7) is 2.43. The number of pyridine rings is 1. The van der Waals surface area contributed by atoms with Gasteiger partial charge in [0.1, 0.15) is 5.82 Å². The number of likely N-dealkylation sites (tertiary alicyclic amines) is 1. The van der Waals surface area contributed by atoms with Crippen LogP contribution in [0.1, 0.15) is 34.5 Å². The molecule has 1 N–H and O–H groups in total. The van der Waals surface area contributed by atoms with E-state index < -0.39 is 0 Å². The van der Waals surface area contributed by atoms with E-state index in [1.807, 2.05) is 11.0 Å². The minimum atomic E-state index is 0.0317. The topological polar surface area (TPSA) is 45.2 Å². The van der Waals surface area contributed by atoms with Gasteiger partial charge in [-0.1, -0.05) is 17.7 Å². The maximum absolute atomic E-state index is 12.4. The Morgan fingerprint density at radius 1 is 1.35 bits per heavy atom. The van der Waals surface area contributed by atoms with E-state index in [1.165, 1.54) is 11.3 Å². The standard InChI is InChI=1S/C17H20ClN3OS/c18-15-11-13(17(22)21-8-2-1-3-9-21)12-20-16(15)19-7-6-14-5-4-10-23-14/h4-5,10-12H,1-3,6-9H2,(H,19,20). The molecule has 4 nitrogen and oxygen atoms in total. The maximum atomic E-state index is 12.4. The van der Waals surface area contributed by atoms with E-state index in [2.05, 4.69) is 21.7 Å². The van der Waals surface area contributed by atoms with Crippen LogP contribution in [0.25, 0.3) is 0 Å². The summed E-state index contributed by atoms with van der Waals surface area (Å²) in [6.07, 6.45) is 5.92. The number of nitrogens with zero attached hydrogens (tertiary/aromatic N) is 2. The molecule has 0 aliphatic carbocycles. The Kier molecular flexibility index (Phi) is 5.51. The molecule has 0 atom stereocenters. The molecule has 3 heterocycles. The number of halogens is 1. The van der Waals surface area contributed by atoms with Crippen molar-refractivity contribution in [2.24, 2.45) is 0 Å². The van der Waals surface area contributed by atoms with Gasteiger partial charge in [0.25, 0.3) is 5.91 Å². The van der Waals surface area contributed by atoms with Gasteiger partial charge in [-0.25, -0.2) is 4.98 Å². The van der Waals surface area contributed by atoms with Gasteiger partial charge in [0.05, 0.1) is 10.6 Å². The number of hydrogen-bond acceptors (Lipinski definition) is 4. The predicted octanol–water partition coefficient (Wildman–Crippen LogP) is 4.08. The molecular weight excluding hydrogens is 330 g/mol. The number of piperidine rings is 1. The van der Waals surface area contributed by atoms with Crippen LogP contribution < -0.4 is 5.32 Å². The number of carbonyl (C=O) groups is 1. The van der Waals surface area contributed by atoms with E-state index in [9.17, 15) is 4.79 Å². The lowest BCUT2D eigenvalue weighted by Gasteiger charge is -2.26. The summed E-state index contributed by atoms with van der Waals surface area (Å²) in [5.74, 6) is 0.669. The number of carbonyl (C=O) groups excluding carboxylic acids is 1. The van der Waals surface area contributed by atoms with E-state index in [1.54, 1.807) is 23.6 Å². The SMILES string of the molecule is O=C(c1cnc(NCCc2cccs2)c(Cl)c1)N1CCCCC1. The Morgan fingerprint density at radius 2 is 2.17 bits per heavy atom. The lowest BCUT2D eigenvalue weighted by molar-refractivity contribution is 0.0724. The summed E-state index contributed by atoms with van der Waals surface area (Å²) >= 11 is 8.02. The average Bonchev–Trinajstić information content (AvgIpc) is 3.10. The molecule has 1 aliphatic heterocycles. The molecule has 1 amide bonds. The van der Waals surface area contributed by atoms with Crippen molar-refractivity contribution in [3.8, 4) is 0 Å². The average molecular weight is 350 g/mol. The van der Waals surface area contributed by atoms with Crippen LogP contribution in [0.3, 0.4) is 0 Å². The molecule has 23 heavy (non-hydrogen) atoms. The summed E-state index contributed by atoms with van der Waals surface area (Å²) in [7, 11) is 0. The van der Waals surface area contributed by atoms with Gasteiger partial charge < -0.3 is 10.2 Å². The molecule has 0 bridgehead atoms.